The zero-order valence-electron chi connectivity index (χ0n) is 16.4. The molecular formula is C20H21N5O4S. The topological polar surface area (TPSA) is 118 Å². The number of amidine groups is 1. The number of carbonyl (C=O) groups excluding carboxylic acids is 1. The second kappa shape index (κ2) is 9.90. The van der Waals surface area contributed by atoms with Crippen LogP contribution in [0.4, 0.5) is 11.4 Å². The fourth-order valence-electron chi connectivity index (χ4n) is 2.71. The van der Waals surface area contributed by atoms with E-state index < -0.39 is 4.92 Å². The third kappa shape index (κ3) is 5.37. The molecule has 0 saturated carbocycles. The number of non-ortho nitro benzene ring substituents is 1. The van der Waals surface area contributed by atoms with Crippen molar-refractivity contribution < 1.29 is 14.5 Å². The first kappa shape index (κ1) is 21.3. The third-order valence-electron chi connectivity index (χ3n) is 4.07. The molecule has 2 aromatic carbocycles. The summed E-state index contributed by atoms with van der Waals surface area (Å²) in [7, 11) is 1.60. The minimum absolute atomic E-state index is 0.0262. The van der Waals surface area contributed by atoms with Gasteiger partial charge in [0.15, 0.2) is 5.17 Å². The SMILES string of the molecule is COCC(C)N=C1NNC(c2ccc([N+](=O)[O-])cc2)=C(C(=O)Nc2ccccc2)S1. The van der Waals surface area contributed by atoms with Gasteiger partial charge in [0.2, 0.25) is 0 Å². The van der Waals surface area contributed by atoms with Crippen LogP contribution in [0.15, 0.2) is 64.5 Å². The molecule has 0 saturated heterocycles. The van der Waals surface area contributed by atoms with E-state index in [1.807, 2.05) is 25.1 Å². The van der Waals surface area contributed by atoms with Crippen LogP contribution in [-0.4, -0.2) is 35.8 Å². The maximum atomic E-state index is 13.0. The van der Waals surface area contributed by atoms with E-state index in [0.717, 1.165) is 0 Å². The second-order valence-electron chi connectivity index (χ2n) is 6.42. The molecule has 0 aliphatic carbocycles. The lowest BCUT2D eigenvalue weighted by Gasteiger charge is -2.24. The smallest absolute Gasteiger partial charge is 0.269 e. The van der Waals surface area contributed by atoms with E-state index in [4.69, 9.17) is 4.74 Å². The molecule has 1 heterocycles. The molecule has 10 heteroatoms. The van der Waals surface area contributed by atoms with E-state index in [2.05, 4.69) is 21.2 Å². The van der Waals surface area contributed by atoms with Crippen LogP contribution >= 0.6 is 11.8 Å². The Morgan fingerprint density at radius 1 is 1.20 bits per heavy atom. The number of rotatable bonds is 7. The van der Waals surface area contributed by atoms with Crippen molar-refractivity contribution >= 4 is 39.9 Å². The fraction of sp³-hybridized carbons (Fsp3) is 0.200. The van der Waals surface area contributed by atoms with E-state index in [9.17, 15) is 14.9 Å². The van der Waals surface area contributed by atoms with Crippen molar-refractivity contribution in [2.24, 2.45) is 4.99 Å². The van der Waals surface area contributed by atoms with Gasteiger partial charge in [-0.05, 0) is 43.0 Å². The Morgan fingerprint density at radius 3 is 2.53 bits per heavy atom. The number of ether oxygens (including phenoxy) is 1. The number of hydrogen-bond donors (Lipinski definition) is 3. The van der Waals surface area contributed by atoms with Crippen molar-refractivity contribution in [2.45, 2.75) is 13.0 Å². The number of para-hydroxylation sites is 1. The molecule has 9 nitrogen and oxygen atoms in total. The maximum absolute atomic E-state index is 13.0. The van der Waals surface area contributed by atoms with Crippen LogP contribution in [0, 0.1) is 10.1 Å². The number of nitro groups is 1. The van der Waals surface area contributed by atoms with E-state index in [-0.39, 0.29) is 17.6 Å². The van der Waals surface area contributed by atoms with Crippen LogP contribution in [0.1, 0.15) is 12.5 Å². The molecule has 3 rings (SSSR count). The summed E-state index contributed by atoms with van der Waals surface area (Å²) in [6.45, 7) is 2.34. The number of methoxy groups -OCH3 is 1. The number of carbonyl (C=O) groups is 1. The summed E-state index contributed by atoms with van der Waals surface area (Å²) in [5, 5.41) is 14.3. The highest BCUT2D eigenvalue weighted by atomic mass is 32.2. The average molecular weight is 427 g/mol. The molecule has 1 aliphatic heterocycles. The molecule has 1 aliphatic rings. The minimum atomic E-state index is -0.468. The van der Waals surface area contributed by atoms with Gasteiger partial charge < -0.3 is 10.1 Å². The van der Waals surface area contributed by atoms with Gasteiger partial charge in [0.05, 0.1) is 23.3 Å². The van der Waals surface area contributed by atoms with Gasteiger partial charge in [-0.15, -0.1) is 0 Å². The number of nitrogens with one attached hydrogen (secondary N) is 3. The zero-order chi connectivity index (χ0) is 21.5. The highest BCUT2D eigenvalue weighted by Gasteiger charge is 2.25. The highest BCUT2D eigenvalue weighted by molar-refractivity contribution is 8.18. The van der Waals surface area contributed by atoms with Gasteiger partial charge in [0, 0.05) is 30.5 Å². The number of anilines is 1. The molecule has 156 valence electrons. The average Bonchev–Trinajstić information content (AvgIpc) is 2.74. The lowest BCUT2D eigenvalue weighted by molar-refractivity contribution is -0.384. The molecule has 1 amide bonds. The van der Waals surface area contributed by atoms with Crippen LogP contribution in [0.25, 0.3) is 5.70 Å². The summed E-state index contributed by atoms with van der Waals surface area (Å²) in [5.74, 6) is -0.319. The number of nitro benzene ring substituents is 1. The van der Waals surface area contributed by atoms with Crippen LogP contribution in [0.5, 0.6) is 0 Å². The normalized spacial score (nSPS) is 15.9. The zero-order valence-corrected chi connectivity index (χ0v) is 17.2. The van der Waals surface area contributed by atoms with Crippen molar-refractivity contribution in [3.8, 4) is 0 Å². The number of amides is 1. The fourth-order valence-corrected chi connectivity index (χ4v) is 3.65. The van der Waals surface area contributed by atoms with Gasteiger partial charge >= 0.3 is 0 Å². The monoisotopic (exact) mass is 427 g/mol. The van der Waals surface area contributed by atoms with Crippen molar-refractivity contribution in [1.82, 2.24) is 10.9 Å². The summed E-state index contributed by atoms with van der Waals surface area (Å²) < 4.78 is 5.11. The first-order valence-electron chi connectivity index (χ1n) is 9.10. The molecular weight excluding hydrogens is 406 g/mol. The number of thioether (sulfide) groups is 1. The molecule has 1 unspecified atom stereocenters. The van der Waals surface area contributed by atoms with Crippen LogP contribution < -0.4 is 16.2 Å². The second-order valence-corrected chi connectivity index (χ2v) is 7.42. The Hall–Kier alpha value is -3.37. The van der Waals surface area contributed by atoms with Crippen LogP contribution in [0.2, 0.25) is 0 Å². The minimum Gasteiger partial charge on any atom is -0.382 e. The van der Waals surface area contributed by atoms with Gasteiger partial charge in [-0.2, -0.15) is 0 Å². The van der Waals surface area contributed by atoms with E-state index in [1.54, 1.807) is 31.4 Å². The number of benzene rings is 2. The molecule has 1 atom stereocenters. The molecule has 0 fully saturated rings. The predicted octanol–water partition coefficient (Wildman–Crippen LogP) is 3.13. The van der Waals surface area contributed by atoms with E-state index in [0.29, 0.717) is 33.6 Å². The van der Waals surface area contributed by atoms with Crippen molar-refractivity contribution in [1.29, 1.82) is 0 Å². The summed E-state index contributed by atoms with van der Waals surface area (Å²) in [4.78, 5) is 28.4. The van der Waals surface area contributed by atoms with E-state index >= 15 is 0 Å². The molecule has 0 bridgehead atoms. The van der Waals surface area contributed by atoms with Gasteiger partial charge in [0.1, 0.15) is 4.91 Å². The van der Waals surface area contributed by atoms with Gasteiger partial charge in [-0.1, -0.05) is 18.2 Å². The molecule has 3 N–H and O–H groups in total. The Bertz CT molecular complexity index is 976. The summed E-state index contributed by atoms with van der Waals surface area (Å²) in [6.07, 6.45) is 0. The quantitative estimate of drug-likeness (QED) is 0.459. The summed E-state index contributed by atoms with van der Waals surface area (Å²) in [6, 6.07) is 15.0. The largest absolute Gasteiger partial charge is 0.382 e. The maximum Gasteiger partial charge on any atom is 0.269 e. The van der Waals surface area contributed by atoms with E-state index in [1.165, 1.54) is 23.9 Å². The van der Waals surface area contributed by atoms with Crippen molar-refractivity contribution in [2.75, 3.05) is 19.0 Å². The van der Waals surface area contributed by atoms with Gasteiger partial charge in [-0.3, -0.25) is 30.8 Å². The van der Waals surface area contributed by atoms with Gasteiger partial charge in [0.25, 0.3) is 11.6 Å². The lowest BCUT2D eigenvalue weighted by Crippen LogP contribution is -2.41. The number of hydrazine groups is 1. The first-order chi connectivity index (χ1) is 14.5. The van der Waals surface area contributed by atoms with Gasteiger partial charge in [-0.25, -0.2) is 0 Å². The number of nitrogens with zero attached hydrogens (tertiary/aromatic N) is 2. The molecule has 30 heavy (non-hydrogen) atoms. The molecule has 0 radical (unpaired) electrons. The Balaban J connectivity index is 1.94. The van der Waals surface area contributed by atoms with Crippen LogP contribution in [-0.2, 0) is 9.53 Å². The third-order valence-corrected chi connectivity index (χ3v) is 5.06. The Morgan fingerprint density at radius 2 is 1.90 bits per heavy atom. The highest BCUT2D eigenvalue weighted by Crippen LogP contribution is 2.31. The van der Waals surface area contributed by atoms with Crippen molar-refractivity contribution in [3.63, 3.8) is 0 Å². The molecule has 0 spiro atoms. The van der Waals surface area contributed by atoms with Crippen LogP contribution in [0.3, 0.4) is 0 Å². The van der Waals surface area contributed by atoms with Crippen molar-refractivity contribution in [3.05, 3.63) is 75.2 Å². The Labute approximate surface area is 177 Å². The summed E-state index contributed by atoms with van der Waals surface area (Å²) in [5.41, 5.74) is 7.74. The predicted molar refractivity (Wildman–Crippen MR) is 118 cm³/mol. The number of hydrogen-bond acceptors (Lipinski definition) is 7. The first-order valence-corrected chi connectivity index (χ1v) is 9.91. The summed E-state index contributed by atoms with van der Waals surface area (Å²) >= 11 is 1.18. The Kier molecular flexibility index (Phi) is 7.04. The molecule has 0 aromatic heterocycles. The molecule has 2 aromatic rings. The lowest BCUT2D eigenvalue weighted by atomic mass is 10.1. The number of aliphatic imine (C=N–C) groups is 1. The standard InChI is InChI=1S/C20H21N5O4S/c1-13(12-29-2)21-20-24-23-17(14-8-10-16(11-9-14)25(27)28)18(30-20)19(26)22-15-6-4-3-5-7-15/h3-11,13,23H,12H2,1-2H3,(H,21,24)(H,22,26).